The third-order valence-corrected chi connectivity index (χ3v) is 3.67. The molecular weight excluding hydrogens is 268 g/mol. The molecule has 1 fully saturated rings. The summed E-state index contributed by atoms with van der Waals surface area (Å²) in [4.78, 5) is 16.1. The molecule has 0 aliphatic carbocycles. The average molecular weight is 292 g/mol. The Labute approximate surface area is 126 Å². The van der Waals surface area contributed by atoms with Crippen molar-refractivity contribution in [1.82, 2.24) is 9.80 Å². The molecule has 1 unspecified atom stereocenters. The molecule has 0 bridgehead atoms. The van der Waals surface area contributed by atoms with Crippen molar-refractivity contribution in [3.8, 4) is 5.75 Å². The fraction of sp³-hybridized carbons (Fsp3) is 0.562. The first-order valence-corrected chi connectivity index (χ1v) is 7.40. The van der Waals surface area contributed by atoms with Gasteiger partial charge in [0, 0.05) is 26.2 Å². The summed E-state index contributed by atoms with van der Waals surface area (Å²) in [5, 5.41) is 9.33. The highest BCUT2D eigenvalue weighted by molar-refractivity contribution is 5.77. The van der Waals surface area contributed by atoms with Crippen molar-refractivity contribution in [3.05, 3.63) is 29.8 Å². The van der Waals surface area contributed by atoms with Crippen molar-refractivity contribution in [3.63, 3.8) is 0 Å². The molecule has 0 aromatic heterocycles. The molecule has 1 aromatic rings. The normalized spacial score (nSPS) is 17.6. The van der Waals surface area contributed by atoms with E-state index in [1.54, 1.807) is 6.92 Å². The van der Waals surface area contributed by atoms with Crippen LogP contribution in [0, 0.1) is 0 Å². The number of piperazine rings is 1. The van der Waals surface area contributed by atoms with Gasteiger partial charge in [0.05, 0.1) is 6.10 Å². The number of ether oxygens (including phenoxy) is 1. The molecule has 1 atom stereocenters. The predicted octanol–water partition coefficient (Wildman–Crippen LogP) is 0.763. The van der Waals surface area contributed by atoms with E-state index in [1.165, 1.54) is 0 Å². The van der Waals surface area contributed by atoms with E-state index in [4.69, 9.17) is 4.74 Å². The molecule has 1 heterocycles. The van der Waals surface area contributed by atoms with Crippen molar-refractivity contribution >= 4 is 5.91 Å². The highest BCUT2D eigenvalue weighted by Crippen LogP contribution is 2.13. The Bertz CT molecular complexity index is 451. The molecule has 21 heavy (non-hydrogen) atoms. The second-order valence-corrected chi connectivity index (χ2v) is 5.67. The lowest BCUT2D eigenvalue weighted by Crippen LogP contribution is -2.48. The van der Waals surface area contributed by atoms with E-state index in [1.807, 2.05) is 29.2 Å². The number of aliphatic hydroxyl groups excluding tert-OH is 1. The molecule has 0 saturated carbocycles. The highest BCUT2D eigenvalue weighted by Gasteiger charge is 2.19. The Balaban J connectivity index is 1.78. The van der Waals surface area contributed by atoms with Gasteiger partial charge in [-0.2, -0.15) is 0 Å². The summed E-state index contributed by atoms with van der Waals surface area (Å²) in [6.45, 7) is 5.22. The Morgan fingerprint density at radius 3 is 2.43 bits per heavy atom. The smallest absolute Gasteiger partial charge is 0.260 e. The van der Waals surface area contributed by atoms with Crippen LogP contribution >= 0.6 is 0 Å². The van der Waals surface area contributed by atoms with Crippen LogP contribution in [0.1, 0.15) is 12.5 Å². The fourth-order valence-corrected chi connectivity index (χ4v) is 2.36. The summed E-state index contributed by atoms with van der Waals surface area (Å²) in [5.41, 5.74) is 1.06. The molecule has 1 amide bonds. The quantitative estimate of drug-likeness (QED) is 0.871. The molecule has 1 saturated heterocycles. The summed E-state index contributed by atoms with van der Waals surface area (Å²) >= 11 is 0. The van der Waals surface area contributed by atoms with Gasteiger partial charge in [0.15, 0.2) is 6.61 Å². The van der Waals surface area contributed by atoms with Gasteiger partial charge >= 0.3 is 0 Å². The minimum absolute atomic E-state index is 0.0381. The van der Waals surface area contributed by atoms with E-state index in [0.717, 1.165) is 31.7 Å². The van der Waals surface area contributed by atoms with Crippen LogP contribution < -0.4 is 4.74 Å². The third kappa shape index (κ3) is 5.02. The van der Waals surface area contributed by atoms with Crippen LogP contribution in [0.2, 0.25) is 0 Å². The van der Waals surface area contributed by atoms with Gasteiger partial charge in [-0.05, 0) is 38.1 Å². The topological polar surface area (TPSA) is 53.0 Å². The van der Waals surface area contributed by atoms with Crippen LogP contribution in [0.25, 0.3) is 0 Å². The Kier molecular flexibility index (Phi) is 5.59. The summed E-state index contributed by atoms with van der Waals surface area (Å²) < 4.78 is 5.54. The van der Waals surface area contributed by atoms with Gasteiger partial charge < -0.3 is 19.6 Å². The van der Waals surface area contributed by atoms with Crippen LogP contribution in [0.3, 0.4) is 0 Å². The predicted molar refractivity (Wildman–Crippen MR) is 81.4 cm³/mol. The molecule has 116 valence electrons. The highest BCUT2D eigenvalue weighted by atomic mass is 16.5. The van der Waals surface area contributed by atoms with E-state index in [9.17, 15) is 9.90 Å². The van der Waals surface area contributed by atoms with Gasteiger partial charge in [0.25, 0.3) is 5.91 Å². The van der Waals surface area contributed by atoms with Gasteiger partial charge in [-0.3, -0.25) is 4.79 Å². The minimum atomic E-state index is -0.351. The first-order valence-electron chi connectivity index (χ1n) is 7.40. The monoisotopic (exact) mass is 292 g/mol. The minimum Gasteiger partial charge on any atom is -0.484 e. The maximum absolute atomic E-state index is 12.0. The van der Waals surface area contributed by atoms with E-state index >= 15 is 0 Å². The largest absolute Gasteiger partial charge is 0.484 e. The second-order valence-electron chi connectivity index (χ2n) is 5.67. The van der Waals surface area contributed by atoms with Crippen LogP contribution in [0.5, 0.6) is 5.75 Å². The Hall–Kier alpha value is -1.59. The van der Waals surface area contributed by atoms with E-state index < -0.39 is 0 Å². The van der Waals surface area contributed by atoms with Crippen molar-refractivity contribution in [2.24, 2.45) is 0 Å². The average Bonchev–Trinajstić information content (AvgIpc) is 2.46. The second kappa shape index (κ2) is 7.43. The van der Waals surface area contributed by atoms with Gasteiger partial charge in [-0.15, -0.1) is 0 Å². The van der Waals surface area contributed by atoms with Gasteiger partial charge in [0.2, 0.25) is 0 Å². The number of rotatable bonds is 5. The van der Waals surface area contributed by atoms with Gasteiger partial charge in [0.1, 0.15) is 5.75 Å². The molecule has 1 aliphatic heterocycles. The molecule has 5 nitrogen and oxygen atoms in total. The molecule has 0 spiro atoms. The van der Waals surface area contributed by atoms with Crippen molar-refractivity contribution < 1.29 is 14.6 Å². The molecular formula is C16H24N2O3. The number of carbonyl (C=O) groups is 1. The zero-order valence-electron chi connectivity index (χ0n) is 12.8. The van der Waals surface area contributed by atoms with E-state index in [-0.39, 0.29) is 18.6 Å². The number of nitrogens with zero attached hydrogens (tertiary/aromatic N) is 2. The van der Waals surface area contributed by atoms with Gasteiger partial charge in [-0.25, -0.2) is 0 Å². The molecule has 5 heteroatoms. The summed E-state index contributed by atoms with van der Waals surface area (Å²) in [6.07, 6.45) is 0.274. The molecule has 0 radical (unpaired) electrons. The van der Waals surface area contributed by atoms with Crippen molar-refractivity contribution in [2.45, 2.75) is 19.4 Å². The number of aliphatic hydroxyl groups is 1. The van der Waals surface area contributed by atoms with Crippen molar-refractivity contribution in [2.75, 3.05) is 39.8 Å². The van der Waals surface area contributed by atoms with Crippen LogP contribution in [-0.4, -0.2) is 66.8 Å². The zero-order valence-corrected chi connectivity index (χ0v) is 12.8. The Morgan fingerprint density at radius 1 is 1.24 bits per heavy atom. The number of amides is 1. The molecule has 1 aromatic carbocycles. The molecule has 2 rings (SSSR count). The van der Waals surface area contributed by atoms with Crippen LogP contribution in [-0.2, 0) is 11.2 Å². The maximum Gasteiger partial charge on any atom is 0.260 e. The number of carbonyl (C=O) groups excluding carboxylic acids is 1. The Morgan fingerprint density at radius 2 is 1.86 bits per heavy atom. The van der Waals surface area contributed by atoms with Crippen LogP contribution in [0.4, 0.5) is 0 Å². The number of hydrogen-bond donors (Lipinski definition) is 1. The number of hydrogen-bond acceptors (Lipinski definition) is 4. The van der Waals surface area contributed by atoms with Gasteiger partial charge in [-0.1, -0.05) is 12.1 Å². The lowest BCUT2D eigenvalue weighted by molar-refractivity contribution is -0.134. The van der Waals surface area contributed by atoms with E-state index in [0.29, 0.717) is 12.2 Å². The number of likely N-dealkylation sites (N-methyl/N-ethyl adjacent to an activating group) is 1. The van der Waals surface area contributed by atoms with E-state index in [2.05, 4.69) is 11.9 Å². The third-order valence-electron chi connectivity index (χ3n) is 3.67. The standard InChI is InChI=1S/C16H24N2O3/c1-13(19)11-14-3-5-15(6-4-14)21-12-16(20)18-9-7-17(2)8-10-18/h3-6,13,19H,7-12H2,1-2H3. The molecule has 1 N–H and O–H groups in total. The lowest BCUT2D eigenvalue weighted by atomic mass is 10.1. The first kappa shape index (κ1) is 15.8. The summed E-state index contributed by atoms with van der Waals surface area (Å²) in [7, 11) is 2.06. The van der Waals surface area contributed by atoms with Crippen LogP contribution in [0.15, 0.2) is 24.3 Å². The number of benzene rings is 1. The van der Waals surface area contributed by atoms with Crippen molar-refractivity contribution in [1.29, 1.82) is 0 Å². The lowest BCUT2D eigenvalue weighted by Gasteiger charge is -2.32. The SMILES string of the molecule is CC(O)Cc1ccc(OCC(=O)N2CCN(C)CC2)cc1. The summed E-state index contributed by atoms with van der Waals surface area (Å²) in [5.74, 6) is 0.725. The molecule has 1 aliphatic rings. The maximum atomic E-state index is 12.0. The fourth-order valence-electron chi connectivity index (χ4n) is 2.36. The summed E-state index contributed by atoms with van der Waals surface area (Å²) in [6, 6.07) is 7.52. The zero-order chi connectivity index (χ0) is 15.2. The first-order chi connectivity index (χ1) is 10.0.